The highest BCUT2D eigenvalue weighted by molar-refractivity contribution is 5.99. The van der Waals surface area contributed by atoms with Crippen LogP contribution in [0, 0.1) is 0 Å². The summed E-state index contributed by atoms with van der Waals surface area (Å²) in [6.45, 7) is 2.68. The topological polar surface area (TPSA) is 78.9 Å². The average molecular weight is 340 g/mol. The molecule has 1 fully saturated rings. The summed E-state index contributed by atoms with van der Waals surface area (Å²) in [7, 11) is 0. The summed E-state index contributed by atoms with van der Waals surface area (Å²) in [6.07, 6.45) is -0.195. The van der Waals surface area contributed by atoms with Gasteiger partial charge in [0.25, 0.3) is 5.91 Å². The molecule has 6 nitrogen and oxygen atoms in total. The van der Waals surface area contributed by atoms with E-state index in [1.54, 1.807) is 11.0 Å². The lowest BCUT2D eigenvalue weighted by atomic mass is 10.1. The molecular weight excluding hydrogens is 320 g/mol. The molecule has 25 heavy (non-hydrogen) atoms. The molecule has 0 spiro atoms. The first-order valence-electron chi connectivity index (χ1n) is 8.11. The van der Waals surface area contributed by atoms with Crippen LogP contribution in [0.2, 0.25) is 0 Å². The number of nitrogens with one attached hydrogen (secondary N) is 1. The van der Waals surface area contributed by atoms with Gasteiger partial charge in [0.1, 0.15) is 11.9 Å². The number of phenolic OH excluding ortho intramolecular Hbond substituents is 1. The number of amides is 2. The molecule has 0 aromatic heterocycles. The van der Waals surface area contributed by atoms with E-state index in [1.807, 2.05) is 30.3 Å². The zero-order valence-electron chi connectivity index (χ0n) is 13.9. The molecular formula is C19H20N2O4. The number of anilines is 1. The zero-order valence-corrected chi connectivity index (χ0v) is 13.9. The molecule has 2 aromatic rings. The van der Waals surface area contributed by atoms with Crippen LogP contribution in [-0.4, -0.2) is 41.5 Å². The van der Waals surface area contributed by atoms with E-state index in [2.05, 4.69) is 5.32 Å². The molecule has 130 valence electrons. The molecule has 6 heteroatoms. The van der Waals surface area contributed by atoms with Crippen LogP contribution in [0.4, 0.5) is 5.69 Å². The van der Waals surface area contributed by atoms with Crippen molar-refractivity contribution >= 4 is 17.5 Å². The molecule has 1 aliphatic heterocycles. The lowest BCUT2D eigenvalue weighted by Crippen LogP contribution is -2.42. The number of benzene rings is 2. The molecule has 1 heterocycles. The lowest BCUT2D eigenvalue weighted by molar-refractivity contribution is -0.114. The predicted molar refractivity (Wildman–Crippen MR) is 93.4 cm³/mol. The maximum atomic E-state index is 12.8. The minimum atomic E-state index is -0.283. The maximum absolute atomic E-state index is 12.8. The Hall–Kier alpha value is -2.86. The van der Waals surface area contributed by atoms with Crippen LogP contribution in [0.3, 0.4) is 0 Å². The van der Waals surface area contributed by atoms with Gasteiger partial charge >= 0.3 is 0 Å². The number of ether oxygens (including phenoxy) is 1. The molecule has 0 aliphatic carbocycles. The van der Waals surface area contributed by atoms with E-state index < -0.39 is 0 Å². The first-order valence-corrected chi connectivity index (χ1v) is 8.11. The van der Waals surface area contributed by atoms with E-state index in [0.29, 0.717) is 25.4 Å². The van der Waals surface area contributed by atoms with Gasteiger partial charge in [-0.05, 0) is 23.8 Å². The fourth-order valence-electron chi connectivity index (χ4n) is 2.86. The predicted octanol–water partition coefficient (Wildman–Crippen LogP) is 2.56. The molecule has 1 atom stereocenters. The van der Waals surface area contributed by atoms with E-state index in [-0.39, 0.29) is 29.2 Å². The number of nitrogens with zero attached hydrogens (tertiary/aromatic N) is 1. The summed E-state index contributed by atoms with van der Waals surface area (Å²) in [6, 6.07) is 14.2. The van der Waals surface area contributed by atoms with Crippen molar-refractivity contribution in [2.45, 2.75) is 13.0 Å². The van der Waals surface area contributed by atoms with Crippen LogP contribution in [-0.2, 0) is 9.53 Å². The normalized spacial score (nSPS) is 17.2. The Morgan fingerprint density at radius 2 is 1.96 bits per heavy atom. The van der Waals surface area contributed by atoms with E-state index in [1.165, 1.54) is 19.1 Å². The Morgan fingerprint density at radius 3 is 2.68 bits per heavy atom. The summed E-state index contributed by atoms with van der Waals surface area (Å²) in [5, 5.41) is 12.7. The Morgan fingerprint density at radius 1 is 1.20 bits per heavy atom. The van der Waals surface area contributed by atoms with Gasteiger partial charge in [-0.3, -0.25) is 9.59 Å². The van der Waals surface area contributed by atoms with E-state index in [0.717, 1.165) is 5.56 Å². The fraction of sp³-hybridized carbons (Fsp3) is 0.263. The zero-order chi connectivity index (χ0) is 17.8. The number of phenols is 1. The third kappa shape index (κ3) is 3.97. The quantitative estimate of drug-likeness (QED) is 0.842. The van der Waals surface area contributed by atoms with Crippen LogP contribution >= 0.6 is 0 Å². The smallest absolute Gasteiger partial charge is 0.257 e. The summed E-state index contributed by atoms with van der Waals surface area (Å²) >= 11 is 0. The highest BCUT2D eigenvalue weighted by Gasteiger charge is 2.27. The molecule has 0 saturated carbocycles. The van der Waals surface area contributed by atoms with Gasteiger partial charge in [0, 0.05) is 19.2 Å². The monoisotopic (exact) mass is 340 g/mol. The number of morpholine rings is 1. The molecule has 0 radical (unpaired) electrons. The number of hydrogen-bond donors (Lipinski definition) is 2. The van der Waals surface area contributed by atoms with Gasteiger partial charge in [0.15, 0.2) is 0 Å². The van der Waals surface area contributed by atoms with Crippen molar-refractivity contribution in [3.63, 3.8) is 0 Å². The Balaban J connectivity index is 1.79. The SMILES string of the molecule is CC(=O)Nc1ccc(O)c(C(=O)N2CCO[C@H](c3ccccc3)C2)c1. The van der Waals surface area contributed by atoms with Crippen LogP contribution in [0.15, 0.2) is 48.5 Å². The third-order valence-corrected chi connectivity index (χ3v) is 4.07. The third-order valence-electron chi connectivity index (χ3n) is 4.07. The van der Waals surface area contributed by atoms with Gasteiger partial charge in [0.05, 0.1) is 18.7 Å². The number of rotatable bonds is 3. The van der Waals surface area contributed by atoms with E-state index in [9.17, 15) is 14.7 Å². The lowest BCUT2D eigenvalue weighted by Gasteiger charge is -2.33. The summed E-state index contributed by atoms with van der Waals surface area (Å²) in [5.74, 6) is -0.629. The van der Waals surface area contributed by atoms with Gasteiger partial charge in [-0.2, -0.15) is 0 Å². The van der Waals surface area contributed by atoms with E-state index >= 15 is 0 Å². The first kappa shape index (κ1) is 17.0. The minimum absolute atomic E-state index is 0.109. The average Bonchev–Trinajstić information content (AvgIpc) is 2.63. The second kappa shape index (κ2) is 7.36. The van der Waals surface area contributed by atoms with Crippen LogP contribution < -0.4 is 5.32 Å². The van der Waals surface area contributed by atoms with Crippen molar-refractivity contribution in [3.8, 4) is 5.75 Å². The second-order valence-corrected chi connectivity index (χ2v) is 5.93. The highest BCUT2D eigenvalue weighted by atomic mass is 16.5. The van der Waals surface area contributed by atoms with Gasteiger partial charge in [-0.1, -0.05) is 30.3 Å². The maximum Gasteiger partial charge on any atom is 0.257 e. The number of carbonyl (C=O) groups is 2. The number of aromatic hydroxyl groups is 1. The standard InChI is InChI=1S/C19H20N2O4/c1-13(22)20-15-7-8-17(23)16(11-15)19(24)21-9-10-25-18(12-21)14-5-3-2-4-6-14/h2-8,11,18,23H,9-10,12H2,1H3,(H,20,22)/t18-/m0/s1. The number of carbonyl (C=O) groups excluding carboxylic acids is 2. The molecule has 1 aliphatic rings. The van der Waals surface area contributed by atoms with Gasteiger partial charge in [0.2, 0.25) is 5.91 Å². The molecule has 2 amide bonds. The highest BCUT2D eigenvalue weighted by Crippen LogP contribution is 2.27. The summed E-state index contributed by atoms with van der Waals surface area (Å²) in [5.41, 5.74) is 1.65. The van der Waals surface area contributed by atoms with Crippen LogP contribution in [0.5, 0.6) is 5.75 Å². The van der Waals surface area contributed by atoms with Gasteiger partial charge < -0.3 is 20.1 Å². The van der Waals surface area contributed by atoms with Crippen molar-refractivity contribution in [1.29, 1.82) is 0 Å². The minimum Gasteiger partial charge on any atom is -0.507 e. The largest absolute Gasteiger partial charge is 0.507 e. The molecule has 0 unspecified atom stereocenters. The van der Waals surface area contributed by atoms with Crippen molar-refractivity contribution in [2.75, 3.05) is 25.0 Å². The van der Waals surface area contributed by atoms with Crippen molar-refractivity contribution in [3.05, 3.63) is 59.7 Å². The Bertz CT molecular complexity index is 776. The molecule has 0 bridgehead atoms. The summed E-state index contributed by atoms with van der Waals surface area (Å²) in [4.78, 5) is 25.7. The van der Waals surface area contributed by atoms with E-state index in [4.69, 9.17) is 4.74 Å². The molecule has 3 rings (SSSR count). The Labute approximate surface area is 146 Å². The summed E-state index contributed by atoms with van der Waals surface area (Å²) < 4.78 is 5.77. The Kier molecular flexibility index (Phi) is 5.00. The fourth-order valence-corrected chi connectivity index (χ4v) is 2.86. The molecule has 2 N–H and O–H groups in total. The van der Waals surface area contributed by atoms with Crippen LogP contribution in [0.1, 0.15) is 28.9 Å². The molecule has 2 aromatic carbocycles. The molecule has 1 saturated heterocycles. The van der Waals surface area contributed by atoms with Gasteiger partial charge in [-0.25, -0.2) is 0 Å². The van der Waals surface area contributed by atoms with Gasteiger partial charge in [-0.15, -0.1) is 0 Å². The van der Waals surface area contributed by atoms with Crippen molar-refractivity contribution in [2.24, 2.45) is 0 Å². The van der Waals surface area contributed by atoms with Crippen molar-refractivity contribution < 1.29 is 19.4 Å². The first-order chi connectivity index (χ1) is 12.0. The van der Waals surface area contributed by atoms with Crippen LogP contribution in [0.25, 0.3) is 0 Å². The number of hydrogen-bond acceptors (Lipinski definition) is 4. The van der Waals surface area contributed by atoms with Crippen molar-refractivity contribution in [1.82, 2.24) is 4.90 Å². The second-order valence-electron chi connectivity index (χ2n) is 5.93.